The van der Waals surface area contributed by atoms with Gasteiger partial charge in [0.25, 0.3) is 0 Å². The van der Waals surface area contributed by atoms with Crippen LogP contribution in [0.5, 0.6) is 0 Å². The molecule has 1 saturated heterocycles. The Morgan fingerprint density at radius 1 is 1.11 bits per heavy atom. The lowest BCUT2D eigenvalue weighted by molar-refractivity contribution is -0.145. The summed E-state index contributed by atoms with van der Waals surface area (Å²) in [5, 5.41) is 3.65. The number of amides is 1. The van der Waals surface area contributed by atoms with Crippen molar-refractivity contribution in [1.82, 2.24) is 10.2 Å². The average Bonchev–Trinajstić information content (AvgIpc) is 3.12. The summed E-state index contributed by atoms with van der Waals surface area (Å²) in [7, 11) is 1.36. The van der Waals surface area contributed by atoms with Crippen LogP contribution in [0, 0.1) is 5.92 Å². The predicted octanol–water partition coefficient (Wildman–Crippen LogP) is 3.11. The van der Waals surface area contributed by atoms with E-state index in [1.54, 1.807) is 0 Å². The van der Waals surface area contributed by atoms with Crippen LogP contribution in [0.3, 0.4) is 0 Å². The quantitative estimate of drug-likeness (QED) is 0.802. The molecule has 3 rings (SSSR count). The van der Waals surface area contributed by atoms with E-state index in [-0.39, 0.29) is 18.6 Å². The maximum absolute atomic E-state index is 12.6. The number of benzene rings is 1. The highest BCUT2D eigenvalue weighted by molar-refractivity contribution is 5.82. The Morgan fingerprint density at radius 3 is 2.48 bits per heavy atom. The maximum Gasteiger partial charge on any atom is 0.410 e. The van der Waals surface area contributed by atoms with E-state index in [0.717, 1.165) is 24.3 Å². The molecule has 0 bridgehead atoms. The van der Waals surface area contributed by atoms with E-state index in [1.165, 1.54) is 24.9 Å². The van der Waals surface area contributed by atoms with Gasteiger partial charge in [-0.05, 0) is 43.6 Å². The molecule has 1 N–H and O–H groups in total. The van der Waals surface area contributed by atoms with Crippen LogP contribution in [0.1, 0.15) is 44.6 Å². The smallest absolute Gasteiger partial charge is 0.410 e. The molecule has 1 aliphatic carbocycles. The number of methoxy groups -OCH3 is 1. The number of carbonyl (C=O) groups excluding carboxylic acids is 2. The van der Waals surface area contributed by atoms with Crippen molar-refractivity contribution in [3.63, 3.8) is 0 Å². The highest BCUT2D eigenvalue weighted by Crippen LogP contribution is 2.26. The van der Waals surface area contributed by atoms with Gasteiger partial charge < -0.3 is 14.8 Å². The molecule has 0 aromatic heterocycles. The Kier molecular flexibility index (Phi) is 6.72. The number of likely N-dealkylation sites (tertiary alicyclic amines) is 1. The summed E-state index contributed by atoms with van der Waals surface area (Å²) < 4.78 is 10.4. The van der Waals surface area contributed by atoms with Crippen molar-refractivity contribution in [3.8, 4) is 0 Å². The minimum Gasteiger partial charge on any atom is -0.467 e. The fraction of sp³-hybridized carbons (Fsp3) is 0.619. The maximum atomic E-state index is 12.6. The molecular formula is C21H30N2O4. The molecule has 2 aliphatic rings. The topological polar surface area (TPSA) is 67.9 Å². The first-order valence-electron chi connectivity index (χ1n) is 9.88. The molecule has 2 fully saturated rings. The SMILES string of the molecule is COC(=O)[C@@H]1C[C@H](NC2CCC(C)CC2)CN1C(=O)OCc1ccccc1. The van der Waals surface area contributed by atoms with Gasteiger partial charge in [0.15, 0.2) is 0 Å². The Balaban J connectivity index is 1.57. The van der Waals surface area contributed by atoms with Crippen molar-refractivity contribution >= 4 is 12.1 Å². The van der Waals surface area contributed by atoms with E-state index >= 15 is 0 Å². The monoisotopic (exact) mass is 374 g/mol. The van der Waals surface area contributed by atoms with E-state index in [1.807, 2.05) is 30.3 Å². The van der Waals surface area contributed by atoms with Crippen molar-refractivity contribution < 1.29 is 19.1 Å². The van der Waals surface area contributed by atoms with Crippen molar-refractivity contribution in [2.45, 2.75) is 63.8 Å². The molecule has 2 atom stereocenters. The Hall–Kier alpha value is -2.08. The Labute approximate surface area is 161 Å². The van der Waals surface area contributed by atoms with Crippen molar-refractivity contribution in [1.29, 1.82) is 0 Å². The van der Waals surface area contributed by atoms with Crippen LogP contribution in [0.25, 0.3) is 0 Å². The number of hydrogen-bond acceptors (Lipinski definition) is 5. The first-order chi connectivity index (χ1) is 13.1. The van der Waals surface area contributed by atoms with Gasteiger partial charge in [0.2, 0.25) is 0 Å². The second kappa shape index (κ2) is 9.22. The highest BCUT2D eigenvalue weighted by Gasteiger charge is 2.41. The summed E-state index contributed by atoms with van der Waals surface area (Å²) in [5.41, 5.74) is 0.922. The van der Waals surface area contributed by atoms with E-state index in [9.17, 15) is 9.59 Å². The molecule has 0 radical (unpaired) electrons. The zero-order chi connectivity index (χ0) is 19.2. The van der Waals surface area contributed by atoms with Crippen LogP contribution < -0.4 is 5.32 Å². The number of hydrogen-bond donors (Lipinski definition) is 1. The summed E-state index contributed by atoms with van der Waals surface area (Å²) in [6, 6.07) is 9.51. The molecule has 1 saturated carbocycles. The van der Waals surface area contributed by atoms with Crippen LogP contribution >= 0.6 is 0 Å². The second-order valence-electron chi connectivity index (χ2n) is 7.79. The highest BCUT2D eigenvalue weighted by atomic mass is 16.6. The lowest BCUT2D eigenvalue weighted by Gasteiger charge is -2.29. The van der Waals surface area contributed by atoms with Gasteiger partial charge in [0.05, 0.1) is 7.11 Å². The van der Waals surface area contributed by atoms with Crippen molar-refractivity contribution in [3.05, 3.63) is 35.9 Å². The van der Waals surface area contributed by atoms with Crippen LogP contribution in [0.15, 0.2) is 30.3 Å². The van der Waals surface area contributed by atoms with E-state index < -0.39 is 12.1 Å². The third-order valence-electron chi connectivity index (χ3n) is 5.70. The van der Waals surface area contributed by atoms with Crippen LogP contribution in [-0.2, 0) is 20.9 Å². The van der Waals surface area contributed by atoms with Gasteiger partial charge in [0.1, 0.15) is 12.6 Å². The molecule has 1 aliphatic heterocycles. The number of esters is 1. The van der Waals surface area contributed by atoms with Crippen molar-refractivity contribution in [2.24, 2.45) is 5.92 Å². The third-order valence-corrected chi connectivity index (χ3v) is 5.70. The van der Waals surface area contributed by atoms with Gasteiger partial charge in [0, 0.05) is 18.6 Å². The number of nitrogens with one attached hydrogen (secondary N) is 1. The number of ether oxygens (including phenoxy) is 2. The van der Waals surface area contributed by atoms with Gasteiger partial charge >= 0.3 is 12.1 Å². The predicted molar refractivity (Wildman–Crippen MR) is 102 cm³/mol. The van der Waals surface area contributed by atoms with Gasteiger partial charge in [-0.2, -0.15) is 0 Å². The molecule has 1 aromatic carbocycles. The summed E-state index contributed by atoms with van der Waals surface area (Å²) >= 11 is 0. The fourth-order valence-corrected chi connectivity index (χ4v) is 4.08. The molecule has 0 unspecified atom stereocenters. The van der Waals surface area contributed by atoms with E-state index in [4.69, 9.17) is 9.47 Å². The Morgan fingerprint density at radius 2 is 1.81 bits per heavy atom. The molecule has 6 heteroatoms. The molecule has 27 heavy (non-hydrogen) atoms. The average molecular weight is 374 g/mol. The third kappa shape index (κ3) is 5.22. The van der Waals surface area contributed by atoms with Gasteiger partial charge in [-0.1, -0.05) is 37.3 Å². The zero-order valence-corrected chi connectivity index (χ0v) is 16.2. The lowest BCUT2D eigenvalue weighted by atomic mass is 9.87. The summed E-state index contributed by atoms with van der Waals surface area (Å²) in [6.07, 6.45) is 4.87. The minimum atomic E-state index is -0.585. The minimum absolute atomic E-state index is 0.0942. The van der Waals surface area contributed by atoms with Crippen LogP contribution in [-0.4, -0.2) is 48.7 Å². The molecule has 1 amide bonds. The van der Waals surface area contributed by atoms with Crippen molar-refractivity contribution in [2.75, 3.05) is 13.7 Å². The molecule has 0 spiro atoms. The summed E-state index contributed by atoms with van der Waals surface area (Å²) in [4.78, 5) is 26.3. The van der Waals surface area contributed by atoms with Gasteiger partial charge in [-0.15, -0.1) is 0 Å². The van der Waals surface area contributed by atoms with Gasteiger partial charge in [-0.3, -0.25) is 4.90 Å². The normalized spacial score (nSPS) is 28.0. The number of nitrogens with zero attached hydrogens (tertiary/aromatic N) is 1. The fourth-order valence-electron chi connectivity index (χ4n) is 4.08. The molecule has 1 aromatic rings. The summed E-state index contributed by atoms with van der Waals surface area (Å²) in [5.74, 6) is 0.409. The first-order valence-corrected chi connectivity index (χ1v) is 9.88. The van der Waals surface area contributed by atoms with E-state index in [0.29, 0.717) is 19.0 Å². The molecule has 6 nitrogen and oxygen atoms in total. The van der Waals surface area contributed by atoms with Crippen LogP contribution in [0.2, 0.25) is 0 Å². The standard InChI is InChI=1S/C21H30N2O4/c1-15-8-10-17(11-9-15)22-18-12-19(20(24)26-2)23(13-18)21(25)27-14-16-6-4-3-5-7-16/h3-7,15,17-19,22H,8-14H2,1-2H3/t15?,17?,18-,19-/m0/s1. The first kappa shape index (κ1) is 19.7. The largest absolute Gasteiger partial charge is 0.467 e. The van der Waals surface area contributed by atoms with Crippen LogP contribution in [0.4, 0.5) is 4.79 Å². The molecular weight excluding hydrogens is 344 g/mol. The number of carbonyl (C=O) groups is 2. The lowest BCUT2D eigenvalue weighted by Crippen LogP contribution is -2.43. The zero-order valence-electron chi connectivity index (χ0n) is 16.2. The van der Waals surface area contributed by atoms with Gasteiger partial charge in [-0.25, -0.2) is 9.59 Å². The second-order valence-corrected chi connectivity index (χ2v) is 7.79. The Bertz CT molecular complexity index is 628. The molecule has 148 valence electrons. The van der Waals surface area contributed by atoms with E-state index in [2.05, 4.69) is 12.2 Å². The summed E-state index contributed by atoms with van der Waals surface area (Å²) in [6.45, 7) is 2.96. The number of rotatable bonds is 5. The molecule has 1 heterocycles.